The SMILES string of the molecule is Cc1ccc(CN([C@@H](Cc2ccccc2)C(=O)NO)S(=O)(=O)c2ccc(C)cc2)cc1. The van der Waals surface area contributed by atoms with Crippen molar-refractivity contribution in [3.05, 3.63) is 101 Å². The molecule has 0 aliphatic carbocycles. The van der Waals surface area contributed by atoms with E-state index in [-0.39, 0.29) is 17.9 Å². The molecule has 3 aromatic carbocycles. The Morgan fingerprint density at radius 1 is 0.871 bits per heavy atom. The number of hydrogen-bond donors (Lipinski definition) is 2. The van der Waals surface area contributed by atoms with Gasteiger partial charge >= 0.3 is 0 Å². The Hall–Kier alpha value is -3.00. The van der Waals surface area contributed by atoms with Gasteiger partial charge in [0.25, 0.3) is 5.91 Å². The standard InChI is InChI=1S/C24H26N2O4S/c1-18-8-12-21(13-9-18)17-26(31(29,30)22-14-10-19(2)11-15-22)23(24(27)25-28)16-20-6-4-3-5-7-20/h3-15,23,28H,16-17H2,1-2H3,(H,25,27)/t23-/m0/s1. The third-order valence-corrected chi connectivity index (χ3v) is 6.99. The molecule has 31 heavy (non-hydrogen) atoms. The van der Waals surface area contributed by atoms with Gasteiger partial charge < -0.3 is 0 Å². The Morgan fingerprint density at radius 2 is 1.42 bits per heavy atom. The Balaban J connectivity index is 2.08. The Kier molecular flexibility index (Phi) is 7.22. The first kappa shape index (κ1) is 22.7. The van der Waals surface area contributed by atoms with E-state index in [1.807, 2.05) is 68.4 Å². The zero-order valence-electron chi connectivity index (χ0n) is 17.5. The molecule has 0 fully saturated rings. The molecule has 0 aliphatic heterocycles. The van der Waals surface area contributed by atoms with Crippen LogP contribution in [0.5, 0.6) is 0 Å². The summed E-state index contributed by atoms with van der Waals surface area (Å²) >= 11 is 0. The molecule has 3 rings (SSSR count). The van der Waals surface area contributed by atoms with Crippen molar-refractivity contribution in [2.45, 2.75) is 37.8 Å². The predicted molar refractivity (Wildman–Crippen MR) is 119 cm³/mol. The van der Waals surface area contributed by atoms with E-state index in [0.29, 0.717) is 0 Å². The molecule has 0 saturated carbocycles. The van der Waals surface area contributed by atoms with E-state index in [1.165, 1.54) is 12.1 Å². The summed E-state index contributed by atoms with van der Waals surface area (Å²) in [4.78, 5) is 12.8. The molecule has 0 saturated heterocycles. The van der Waals surface area contributed by atoms with Crippen LogP contribution >= 0.6 is 0 Å². The van der Waals surface area contributed by atoms with Gasteiger partial charge in [0, 0.05) is 6.54 Å². The maximum atomic E-state index is 13.6. The van der Waals surface area contributed by atoms with E-state index in [2.05, 4.69) is 0 Å². The second-order valence-corrected chi connectivity index (χ2v) is 9.42. The van der Waals surface area contributed by atoms with Gasteiger partial charge in [0.15, 0.2) is 0 Å². The van der Waals surface area contributed by atoms with Gasteiger partial charge in [-0.3, -0.25) is 10.0 Å². The molecule has 0 aromatic heterocycles. The van der Waals surface area contributed by atoms with Crippen molar-refractivity contribution in [2.24, 2.45) is 0 Å². The number of carbonyl (C=O) groups excluding carboxylic acids is 1. The zero-order valence-corrected chi connectivity index (χ0v) is 18.3. The molecular formula is C24H26N2O4S. The number of nitrogens with one attached hydrogen (secondary N) is 1. The van der Waals surface area contributed by atoms with E-state index < -0.39 is 22.0 Å². The van der Waals surface area contributed by atoms with Crippen LogP contribution in [0.25, 0.3) is 0 Å². The van der Waals surface area contributed by atoms with Crippen LogP contribution in [0.15, 0.2) is 83.8 Å². The molecule has 0 heterocycles. The number of nitrogens with zero attached hydrogens (tertiary/aromatic N) is 1. The van der Waals surface area contributed by atoms with Gasteiger partial charge in [-0.05, 0) is 43.5 Å². The van der Waals surface area contributed by atoms with E-state index in [0.717, 1.165) is 26.6 Å². The van der Waals surface area contributed by atoms with E-state index in [1.54, 1.807) is 17.6 Å². The van der Waals surface area contributed by atoms with Crippen LogP contribution in [0.3, 0.4) is 0 Å². The van der Waals surface area contributed by atoms with Gasteiger partial charge in [0.05, 0.1) is 4.90 Å². The van der Waals surface area contributed by atoms with Crippen molar-refractivity contribution in [1.29, 1.82) is 0 Å². The smallest absolute Gasteiger partial charge is 0.262 e. The lowest BCUT2D eigenvalue weighted by Gasteiger charge is -2.30. The maximum Gasteiger partial charge on any atom is 0.262 e. The molecule has 2 N–H and O–H groups in total. The number of rotatable bonds is 8. The fourth-order valence-electron chi connectivity index (χ4n) is 3.32. The summed E-state index contributed by atoms with van der Waals surface area (Å²) in [7, 11) is -4.04. The molecule has 0 bridgehead atoms. The number of benzene rings is 3. The van der Waals surface area contributed by atoms with Gasteiger partial charge in [-0.25, -0.2) is 13.9 Å². The van der Waals surface area contributed by atoms with Gasteiger partial charge in [-0.15, -0.1) is 0 Å². The Labute approximate surface area is 183 Å². The average Bonchev–Trinajstić information content (AvgIpc) is 2.77. The Morgan fingerprint density at radius 3 is 1.97 bits per heavy atom. The lowest BCUT2D eigenvalue weighted by atomic mass is 10.0. The van der Waals surface area contributed by atoms with Crippen LogP contribution in [0.4, 0.5) is 0 Å². The molecule has 1 amide bonds. The summed E-state index contributed by atoms with van der Waals surface area (Å²) in [5, 5.41) is 9.39. The number of hydrogen-bond acceptors (Lipinski definition) is 4. The molecular weight excluding hydrogens is 412 g/mol. The lowest BCUT2D eigenvalue weighted by Crippen LogP contribution is -2.49. The summed E-state index contributed by atoms with van der Waals surface area (Å²) in [6, 6.07) is 21.9. The Bertz CT molecular complexity index is 1110. The molecule has 162 valence electrons. The van der Waals surface area contributed by atoms with Crippen molar-refractivity contribution in [3.63, 3.8) is 0 Å². The largest absolute Gasteiger partial charge is 0.289 e. The molecule has 0 spiro atoms. The van der Waals surface area contributed by atoms with Gasteiger partial charge in [0.1, 0.15) is 6.04 Å². The highest BCUT2D eigenvalue weighted by molar-refractivity contribution is 7.89. The second kappa shape index (κ2) is 9.87. The van der Waals surface area contributed by atoms with Gasteiger partial charge in [-0.2, -0.15) is 4.31 Å². The minimum absolute atomic E-state index is 0.0125. The summed E-state index contributed by atoms with van der Waals surface area (Å²) in [5.74, 6) is -0.786. The summed E-state index contributed by atoms with van der Waals surface area (Å²) in [6.07, 6.45) is 0.115. The third kappa shape index (κ3) is 5.58. The molecule has 0 aliphatic rings. The first-order valence-corrected chi connectivity index (χ1v) is 11.4. The minimum atomic E-state index is -4.04. The number of aryl methyl sites for hydroxylation is 2. The topological polar surface area (TPSA) is 86.7 Å². The third-order valence-electron chi connectivity index (χ3n) is 5.12. The number of sulfonamides is 1. The highest BCUT2D eigenvalue weighted by atomic mass is 32.2. The maximum absolute atomic E-state index is 13.6. The summed E-state index contributed by atoms with van der Waals surface area (Å²) < 4.78 is 28.4. The number of carbonyl (C=O) groups is 1. The van der Waals surface area contributed by atoms with Crippen molar-refractivity contribution in [1.82, 2.24) is 9.79 Å². The van der Waals surface area contributed by atoms with Crippen LogP contribution < -0.4 is 5.48 Å². The van der Waals surface area contributed by atoms with E-state index >= 15 is 0 Å². The molecule has 3 aromatic rings. The zero-order chi connectivity index (χ0) is 22.4. The summed E-state index contributed by atoms with van der Waals surface area (Å²) in [5.41, 5.74) is 5.15. The average molecular weight is 439 g/mol. The van der Waals surface area contributed by atoms with Crippen LogP contribution in [-0.4, -0.2) is 29.9 Å². The first-order chi connectivity index (χ1) is 14.8. The second-order valence-electron chi connectivity index (χ2n) is 7.53. The normalized spacial score (nSPS) is 12.5. The monoisotopic (exact) mass is 438 g/mol. The van der Waals surface area contributed by atoms with Crippen LogP contribution in [-0.2, 0) is 27.8 Å². The lowest BCUT2D eigenvalue weighted by molar-refractivity contribution is -0.133. The molecule has 0 unspecified atom stereocenters. The van der Waals surface area contributed by atoms with Crippen molar-refractivity contribution < 1.29 is 18.4 Å². The predicted octanol–water partition coefficient (Wildman–Crippen LogP) is 3.61. The molecule has 7 heteroatoms. The molecule has 6 nitrogen and oxygen atoms in total. The highest BCUT2D eigenvalue weighted by Crippen LogP contribution is 2.24. The molecule has 1 atom stereocenters. The van der Waals surface area contributed by atoms with Crippen molar-refractivity contribution >= 4 is 15.9 Å². The molecule has 0 radical (unpaired) electrons. The van der Waals surface area contributed by atoms with Gasteiger partial charge in [-0.1, -0.05) is 77.9 Å². The first-order valence-electron chi connectivity index (χ1n) is 9.93. The number of hydroxylamine groups is 1. The quantitative estimate of drug-likeness (QED) is 0.416. The fraction of sp³-hybridized carbons (Fsp3) is 0.208. The van der Waals surface area contributed by atoms with Crippen molar-refractivity contribution in [3.8, 4) is 0 Å². The van der Waals surface area contributed by atoms with E-state index in [9.17, 15) is 18.4 Å². The van der Waals surface area contributed by atoms with E-state index in [4.69, 9.17) is 0 Å². The van der Waals surface area contributed by atoms with Crippen LogP contribution in [0.1, 0.15) is 22.3 Å². The van der Waals surface area contributed by atoms with Gasteiger partial charge in [0.2, 0.25) is 10.0 Å². The minimum Gasteiger partial charge on any atom is -0.289 e. The summed E-state index contributed by atoms with van der Waals surface area (Å²) in [6.45, 7) is 3.81. The fourth-order valence-corrected chi connectivity index (χ4v) is 4.89. The van der Waals surface area contributed by atoms with Crippen LogP contribution in [0.2, 0.25) is 0 Å². The van der Waals surface area contributed by atoms with Crippen molar-refractivity contribution in [2.75, 3.05) is 0 Å². The highest BCUT2D eigenvalue weighted by Gasteiger charge is 2.36. The van der Waals surface area contributed by atoms with Crippen LogP contribution in [0, 0.1) is 13.8 Å². The number of amides is 1.